The molecule has 15 heavy (non-hydrogen) atoms. The summed E-state index contributed by atoms with van der Waals surface area (Å²) in [5.41, 5.74) is 1.47. The van der Waals surface area contributed by atoms with Crippen LogP contribution in [0.15, 0.2) is 24.3 Å². The first kappa shape index (κ1) is 11.1. The zero-order valence-electron chi connectivity index (χ0n) is 8.56. The van der Waals surface area contributed by atoms with Crippen LogP contribution in [0.25, 0.3) is 6.08 Å². The van der Waals surface area contributed by atoms with Gasteiger partial charge in [0.25, 0.3) is 5.69 Å². The number of ketones is 1. The molecule has 0 amide bonds. The molecule has 0 atom stereocenters. The van der Waals surface area contributed by atoms with Gasteiger partial charge in [-0.2, -0.15) is 0 Å². The summed E-state index contributed by atoms with van der Waals surface area (Å²) in [6.45, 7) is 3.12. The van der Waals surface area contributed by atoms with E-state index in [9.17, 15) is 14.9 Å². The van der Waals surface area contributed by atoms with Gasteiger partial charge < -0.3 is 0 Å². The minimum Gasteiger partial charge on any atom is -0.295 e. The number of aryl methyl sites for hydroxylation is 1. The molecule has 0 radical (unpaired) electrons. The van der Waals surface area contributed by atoms with E-state index in [4.69, 9.17) is 0 Å². The Hall–Kier alpha value is -1.97. The Morgan fingerprint density at radius 2 is 2.13 bits per heavy atom. The van der Waals surface area contributed by atoms with Crippen molar-refractivity contribution in [1.29, 1.82) is 0 Å². The molecule has 4 heteroatoms. The van der Waals surface area contributed by atoms with E-state index in [0.717, 1.165) is 5.56 Å². The molecule has 4 nitrogen and oxygen atoms in total. The molecule has 0 saturated carbocycles. The van der Waals surface area contributed by atoms with Crippen LogP contribution in [0.4, 0.5) is 5.69 Å². The summed E-state index contributed by atoms with van der Waals surface area (Å²) in [6.07, 6.45) is 3.07. The molecular weight excluding hydrogens is 194 g/mol. The van der Waals surface area contributed by atoms with Crippen LogP contribution in [0.2, 0.25) is 0 Å². The lowest BCUT2D eigenvalue weighted by atomic mass is 10.1. The Morgan fingerprint density at radius 3 is 2.60 bits per heavy atom. The number of hydrogen-bond donors (Lipinski definition) is 0. The Labute approximate surface area is 87.4 Å². The summed E-state index contributed by atoms with van der Waals surface area (Å²) in [6, 6.07) is 4.73. The summed E-state index contributed by atoms with van der Waals surface area (Å²) in [5.74, 6) is -0.0500. The molecule has 1 aromatic carbocycles. The van der Waals surface area contributed by atoms with E-state index >= 15 is 0 Å². The largest absolute Gasteiger partial charge is 0.295 e. The first-order valence-corrected chi connectivity index (χ1v) is 4.44. The van der Waals surface area contributed by atoms with Crippen LogP contribution in [0.3, 0.4) is 0 Å². The van der Waals surface area contributed by atoms with Gasteiger partial charge in [-0.3, -0.25) is 14.9 Å². The fraction of sp³-hybridized carbons (Fsp3) is 0.182. The van der Waals surface area contributed by atoms with Gasteiger partial charge in [0.1, 0.15) is 0 Å². The first-order chi connectivity index (χ1) is 7.00. The van der Waals surface area contributed by atoms with Crippen molar-refractivity contribution in [3.63, 3.8) is 0 Å². The highest BCUT2D eigenvalue weighted by atomic mass is 16.6. The molecule has 0 aliphatic heterocycles. The lowest BCUT2D eigenvalue weighted by Crippen LogP contribution is -1.91. The number of nitro groups is 1. The molecule has 0 saturated heterocycles. The van der Waals surface area contributed by atoms with Crippen LogP contribution in [0.5, 0.6) is 0 Å². The highest BCUT2D eigenvalue weighted by Crippen LogP contribution is 2.19. The number of benzene rings is 1. The van der Waals surface area contributed by atoms with Gasteiger partial charge in [0.2, 0.25) is 0 Å². The number of allylic oxidation sites excluding steroid dienone is 1. The summed E-state index contributed by atoms with van der Waals surface area (Å²) in [5, 5.41) is 10.5. The highest BCUT2D eigenvalue weighted by Gasteiger charge is 2.08. The minimum atomic E-state index is -0.423. The normalized spacial score (nSPS) is 10.5. The number of hydrogen-bond acceptors (Lipinski definition) is 3. The quantitative estimate of drug-likeness (QED) is 0.432. The van der Waals surface area contributed by atoms with Crippen molar-refractivity contribution in [3.05, 3.63) is 45.5 Å². The molecule has 0 aliphatic carbocycles. The summed E-state index contributed by atoms with van der Waals surface area (Å²) in [7, 11) is 0. The van der Waals surface area contributed by atoms with Gasteiger partial charge in [0, 0.05) is 11.6 Å². The molecule has 78 valence electrons. The third-order valence-electron chi connectivity index (χ3n) is 1.93. The van der Waals surface area contributed by atoms with Crippen LogP contribution in [-0.2, 0) is 4.79 Å². The van der Waals surface area contributed by atoms with Gasteiger partial charge in [0.05, 0.1) is 4.92 Å². The zero-order chi connectivity index (χ0) is 11.4. The number of nitrogens with zero attached hydrogens (tertiary/aromatic N) is 1. The van der Waals surface area contributed by atoms with Gasteiger partial charge in [-0.05, 0) is 37.6 Å². The van der Waals surface area contributed by atoms with Crippen LogP contribution in [0, 0.1) is 17.0 Å². The molecule has 0 heterocycles. The maximum absolute atomic E-state index is 10.7. The van der Waals surface area contributed by atoms with Crippen molar-refractivity contribution in [3.8, 4) is 0 Å². The predicted molar refractivity (Wildman–Crippen MR) is 57.5 cm³/mol. The SMILES string of the molecule is CC(=O)/C=C/c1ccc([N+](=O)[O-])c(C)c1. The number of rotatable bonds is 3. The van der Waals surface area contributed by atoms with E-state index in [2.05, 4.69) is 0 Å². The summed E-state index contributed by atoms with van der Waals surface area (Å²) < 4.78 is 0. The topological polar surface area (TPSA) is 60.2 Å². The van der Waals surface area contributed by atoms with E-state index in [1.54, 1.807) is 25.1 Å². The van der Waals surface area contributed by atoms with Crippen molar-refractivity contribution in [2.24, 2.45) is 0 Å². The fourth-order valence-corrected chi connectivity index (χ4v) is 1.20. The van der Waals surface area contributed by atoms with E-state index in [-0.39, 0.29) is 11.5 Å². The van der Waals surface area contributed by atoms with Crippen LogP contribution in [-0.4, -0.2) is 10.7 Å². The van der Waals surface area contributed by atoms with E-state index in [1.807, 2.05) is 0 Å². The molecule has 0 fully saturated rings. The number of nitro benzene ring substituents is 1. The average molecular weight is 205 g/mol. The zero-order valence-corrected chi connectivity index (χ0v) is 8.56. The minimum absolute atomic E-state index is 0.0500. The highest BCUT2D eigenvalue weighted by molar-refractivity contribution is 5.91. The van der Waals surface area contributed by atoms with E-state index in [1.165, 1.54) is 19.1 Å². The third kappa shape index (κ3) is 3.02. The molecular formula is C11H11NO3. The first-order valence-electron chi connectivity index (χ1n) is 4.44. The molecule has 0 aromatic heterocycles. The maximum atomic E-state index is 10.7. The Kier molecular flexibility index (Phi) is 3.33. The van der Waals surface area contributed by atoms with Crippen molar-refractivity contribution in [2.45, 2.75) is 13.8 Å². The second-order valence-corrected chi connectivity index (χ2v) is 3.25. The molecule has 0 unspecified atom stereocenters. The van der Waals surface area contributed by atoms with E-state index in [0.29, 0.717) is 5.56 Å². The van der Waals surface area contributed by atoms with Crippen molar-refractivity contribution >= 4 is 17.5 Å². The van der Waals surface area contributed by atoms with Crippen LogP contribution < -0.4 is 0 Å². The van der Waals surface area contributed by atoms with Crippen molar-refractivity contribution in [2.75, 3.05) is 0 Å². The standard InChI is InChI=1S/C11H11NO3/c1-8-7-10(4-3-9(2)13)5-6-11(8)12(14)15/h3-7H,1-2H3/b4-3+. The van der Waals surface area contributed by atoms with Gasteiger partial charge in [0.15, 0.2) is 5.78 Å². The van der Waals surface area contributed by atoms with Gasteiger partial charge in [-0.25, -0.2) is 0 Å². The van der Waals surface area contributed by atoms with Gasteiger partial charge in [-0.15, -0.1) is 0 Å². The lowest BCUT2D eigenvalue weighted by Gasteiger charge is -1.98. The Balaban J connectivity index is 3.01. The molecule has 0 spiro atoms. The van der Waals surface area contributed by atoms with Crippen molar-refractivity contribution < 1.29 is 9.72 Å². The Morgan fingerprint density at radius 1 is 1.47 bits per heavy atom. The molecule has 1 rings (SSSR count). The second-order valence-electron chi connectivity index (χ2n) is 3.25. The lowest BCUT2D eigenvalue weighted by molar-refractivity contribution is -0.385. The molecule has 0 aliphatic rings. The van der Waals surface area contributed by atoms with Crippen LogP contribution in [0.1, 0.15) is 18.1 Å². The van der Waals surface area contributed by atoms with E-state index < -0.39 is 4.92 Å². The average Bonchev–Trinajstić information content (AvgIpc) is 2.14. The summed E-state index contributed by atoms with van der Waals surface area (Å²) in [4.78, 5) is 20.8. The predicted octanol–water partition coefficient (Wildman–Crippen LogP) is 2.51. The van der Waals surface area contributed by atoms with Gasteiger partial charge >= 0.3 is 0 Å². The number of carbonyl (C=O) groups excluding carboxylic acids is 1. The molecule has 1 aromatic rings. The van der Waals surface area contributed by atoms with Crippen molar-refractivity contribution in [1.82, 2.24) is 0 Å². The monoisotopic (exact) mass is 205 g/mol. The fourth-order valence-electron chi connectivity index (χ4n) is 1.20. The maximum Gasteiger partial charge on any atom is 0.272 e. The smallest absolute Gasteiger partial charge is 0.272 e. The summed E-state index contributed by atoms with van der Waals surface area (Å²) >= 11 is 0. The molecule has 0 bridgehead atoms. The van der Waals surface area contributed by atoms with Crippen LogP contribution >= 0.6 is 0 Å². The third-order valence-corrected chi connectivity index (χ3v) is 1.93. The van der Waals surface area contributed by atoms with Gasteiger partial charge in [-0.1, -0.05) is 6.08 Å². The second kappa shape index (κ2) is 4.50. The number of carbonyl (C=O) groups is 1. The molecule has 0 N–H and O–H groups in total. The Bertz CT molecular complexity index is 435.